The lowest BCUT2D eigenvalue weighted by Crippen LogP contribution is -2.38. The Balaban J connectivity index is 2.84. The van der Waals surface area contributed by atoms with Gasteiger partial charge >= 0.3 is 0 Å². The van der Waals surface area contributed by atoms with E-state index in [0.717, 1.165) is 7.11 Å². The van der Waals surface area contributed by atoms with Gasteiger partial charge in [0.1, 0.15) is 5.30 Å². The quantitative estimate of drug-likeness (QED) is 0.478. The predicted molar refractivity (Wildman–Crippen MR) is 53.9 cm³/mol. The Morgan fingerprint density at radius 1 is 1.62 bits per heavy atom. The summed E-state index contributed by atoms with van der Waals surface area (Å²) in [6.07, 6.45) is 2.86. The van der Waals surface area contributed by atoms with Crippen LogP contribution >= 0.6 is 7.60 Å². The number of aromatic nitrogens is 4. The molecule has 0 bridgehead atoms. The molecule has 0 saturated carbocycles. The smallest absolute Gasteiger partial charge is 0.226 e. The van der Waals surface area contributed by atoms with Crippen LogP contribution in [0.5, 0.6) is 0 Å². The number of aryl methyl sites for hydroxylation is 2. The highest BCUT2D eigenvalue weighted by Crippen LogP contribution is 2.35. The normalized spacial score (nSPS) is 15.2. The number of hydrogen-bond acceptors (Lipinski definition) is 5. The van der Waals surface area contributed by atoms with Gasteiger partial charge in [0.15, 0.2) is 14.6 Å². The van der Waals surface area contributed by atoms with Gasteiger partial charge in [-0.15, -0.1) is 0 Å². The maximum absolute atomic E-state index is 11.7. The minimum absolute atomic E-state index is 0.0931. The van der Waals surface area contributed by atoms with Gasteiger partial charge in [-0.3, -0.25) is 0 Å². The van der Waals surface area contributed by atoms with Crippen molar-refractivity contribution < 1.29 is 18.7 Å². The van der Waals surface area contributed by atoms with Crippen LogP contribution in [0.2, 0.25) is 0 Å². The van der Waals surface area contributed by atoms with Crippen LogP contribution in [0.4, 0.5) is 0 Å². The zero-order valence-corrected chi connectivity index (χ0v) is 10.0. The van der Waals surface area contributed by atoms with Gasteiger partial charge < -0.3 is 14.0 Å². The van der Waals surface area contributed by atoms with Crippen LogP contribution in [0.3, 0.4) is 0 Å². The van der Waals surface area contributed by atoms with E-state index in [1.165, 1.54) is 21.8 Å². The SMILES string of the molecule is COP(=O)([O-])c1c[n+](C)nc2c1cnn2C. The van der Waals surface area contributed by atoms with Crippen molar-refractivity contribution in [3.05, 3.63) is 12.4 Å². The summed E-state index contributed by atoms with van der Waals surface area (Å²) >= 11 is 0. The summed E-state index contributed by atoms with van der Waals surface area (Å²) in [6.45, 7) is 0. The highest BCUT2D eigenvalue weighted by Gasteiger charge is 2.21. The monoisotopic (exact) mass is 242 g/mol. The molecule has 0 radical (unpaired) electrons. The van der Waals surface area contributed by atoms with Crippen molar-refractivity contribution in [2.45, 2.75) is 0 Å². The van der Waals surface area contributed by atoms with E-state index in [-0.39, 0.29) is 5.30 Å². The van der Waals surface area contributed by atoms with E-state index < -0.39 is 7.60 Å². The maximum Gasteiger partial charge on any atom is 0.226 e. The largest absolute Gasteiger partial charge is 0.775 e. The third-order valence-electron chi connectivity index (χ3n) is 2.28. The summed E-state index contributed by atoms with van der Waals surface area (Å²) in [7, 11) is 0.427. The highest BCUT2D eigenvalue weighted by atomic mass is 31.2. The summed E-state index contributed by atoms with van der Waals surface area (Å²) in [5.41, 5.74) is 0.494. The highest BCUT2D eigenvalue weighted by molar-refractivity contribution is 7.60. The number of nitrogens with zero attached hydrogens (tertiary/aromatic N) is 4. The van der Waals surface area contributed by atoms with Crippen LogP contribution in [0.1, 0.15) is 0 Å². The Bertz CT molecular complexity index is 594. The molecule has 2 aromatic rings. The third kappa shape index (κ3) is 1.63. The molecule has 1 unspecified atom stereocenters. The van der Waals surface area contributed by atoms with Crippen molar-refractivity contribution in [2.24, 2.45) is 14.1 Å². The van der Waals surface area contributed by atoms with Crippen molar-refractivity contribution >= 4 is 23.9 Å². The molecule has 2 heterocycles. The fourth-order valence-electron chi connectivity index (χ4n) is 1.47. The Hall–Kier alpha value is -1.30. The molecule has 0 N–H and O–H groups in total. The van der Waals surface area contributed by atoms with Crippen molar-refractivity contribution in [1.82, 2.24) is 14.9 Å². The van der Waals surface area contributed by atoms with Crippen LogP contribution in [-0.4, -0.2) is 22.0 Å². The lowest BCUT2D eigenvalue weighted by molar-refractivity contribution is -0.728. The van der Waals surface area contributed by atoms with Gasteiger partial charge in [0.05, 0.1) is 11.6 Å². The molecule has 1 atom stereocenters. The first-order chi connectivity index (χ1) is 7.45. The first kappa shape index (κ1) is 11.2. The van der Waals surface area contributed by atoms with Crippen LogP contribution in [-0.2, 0) is 23.2 Å². The topological polar surface area (TPSA) is 83.9 Å². The molecule has 0 aliphatic heterocycles. The molecule has 16 heavy (non-hydrogen) atoms. The standard InChI is InChI=1S/C8H11N4O3P/c1-11-5-7(16(13,14)15-3)6-4-9-12(2)8(6)10-11/h4-5H,1-3H3. The molecule has 0 amide bonds. The summed E-state index contributed by atoms with van der Waals surface area (Å²) in [5, 5.41) is 8.67. The summed E-state index contributed by atoms with van der Waals surface area (Å²) in [4.78, 5) is 11.7. The fourth-order valence-corrected chi connectivity index (χ4v) is 2.43. The van der Waals surface area contributed by atoms with E-state index in [0.29, 0.717) is 11.0 Å². The Morgan fingerprint density at radius 3 is 2.94 bits per heavy atom. The lowest BCUT2D eigenvalue weighted by atomic mass is 10.4. The van der Waals surface area contributed by atoms with Gasteiger partial charge in [-0.25, -0.2) is 4.68 Å². The summed E-state index contributed by atoms with van der Waals surface area (Å²) in [5.74, 6) is 0. The molecule has 0 spiro atoms. The summed E-state index contributed by atoms with van der Waals surface area (Å²) < 4.78 is 19.1. The second-order valence-corrected chi connectivity index (χ2v) is 5.22. The van der Waals surface area contributed by atoms with E-state index >= 15 is 0 Å². The van der Waals surface area contributed by atoms with E-state index in [9.17, 15) is 9.46 Å². The number of hydrogen-bond donors (Lipinski definition) is 0. The molecule has 0 aliphatic carbocycles. The lowest BCUT2D eigenvalue weighted by Gasteiger charge is -2.19. The minimum Gasteiger partial charge on any atom is -0.775 e. The Morgan fingerprint density at radius 2 is 2.31 bits per heavy atom. The summed E-state index contributed by atoms with van der Waals surface area (Å²) in [6, 6.07) is 0. The van der Waals surface area contributed by atoms with Crippen molar-refractivity contribution in [3.63, 3.8) is 0 Å². The first-order valence-corrected chi connectivity index (χ1v) is 6.06. The van der Waals surface area contributed by atoms with Crippen molar-refractivity contribution in [3.8, 4) is 0 Å². The average molecular weight is 242 g/mol. The van der Waals surface area contributed by atoms with Crippen molar-refractivity contribution in [1.29, 1.82) is 0 Å². The maximum atomic E-state index is 11.7. The fraction of sp³-hybridized carbons (Fsp3) is 0.375. The molecule has 2 aromatic heterocycles. The molecule has 8 heteroatoms. The van der Waals surface area contributed by atoms with Crippen LogP contribution < -0.4 is 14.9 Å². The molecule has 2 rings (SSSR count). The molecule has 0 fully saturated rings. The molecule has 86 valence electrons. The van der Waals surface area contributed by atoms with E-state index in [1.54, 1.807) is 14.1 Å². The molecular formula is C8H11N4O3P. The van der Waals surface area contributed by atoms with E-state index in [2.05, 4.69) is 14.7 Å². The van der Waals surface area contributed by atoms with Gasteiger partial charge in [-0.2, -0.15) is 5.10 Å². The Kier molecular flexibility index (Phi) is 2.53. The Labute approximate surface area is 91.8 Å². The molecular weight excluding hydrogens is 231 g/mol. The second-order valence-electron chi connectivity index (χ2n) is 3.37. The third-order valence-corrected chi connectivity index (χ3v) is 3.71. The number of rotatable bonds is 2. The second kappa shape index (κ2) is 3.62. The van der Waals surface area contributed by atoms with Gasteiger partial charge in [0.25, 0.3) is 0 Å². The number of fused-ring (bicyclic) bond motifs is 1. The van der Waals surface area contributed by atoms with Gasteiger partial charge in [-0.05, 0) is 0 Å². The zero-order valence-electron chi connectivity index (χ0n) is 9.12. The zero-order chi connectivity index (χ0) is 11.9. The predicted octanol–water partition coefficient (Wildman–Crippen LogP) is -1.38. The average Bonchev–Trinajstić information content (AvgIpc) is 2.59. The van der Waals surface area contributed by atoms with Crippen molar-refractivity contribution in [2.75, 3.05) is 7.11 Å². The molecule has 0 saturated heterocycles. The van der Waals surface area contributed by atoms with Gasteiger partial charge in [-0.1, -0.05) is 4.68 Å². The molecule has 0 aliphatic rings. The van der Waals surface area contributed by atoms with Gasteiger partial charge in [0, 0.05) is 19.3 Å². The van der Waals surface area contributed by atoms with Gasteiger partial charge in [0.2, 0.25) is 11.8 Å². The van der Waals surface area contributed by atoms with Crippen LogP contribution in [0, 0.1) is 0 Å². The molecule has 0 aromatic carbocycles. The van der Waals surface area contributed by atoms with Crippen LogP contribution in [0.25, 0.3) is 11.0 Å². The van der Waals surface area contributed by atoms with E-state index in [4.69, 9.17) is 0 Å². The van der Waals surface area contributed by atoms with Crippen LogP contribution in [0.15, 0.2) is 12.4 Å². The minimum atomic E-state index is -4.05. The first-order valence-electron chi connectivity index (χ1n) is 4.51. The molecule has 7 nitrogen and oxygen atoms in total. The van der Waals surface area contributed by atoms with E-state index in [1.807, 2.05) is 0 Å².